The summed E-state index contributed by atoms with van der Waals surface area (Å²) in [7, 11) is -2.88. The minimum atomic E-state index is -4.06. The van der Waals surface area contributed by atoms with Gasteiger partial charge in [-0.1, -0.05) is 64.0 Å². The Kier molecular flexibility index (Phi) is 11.3. The van der Waals surface area contributed by atoms with Gasteiger partial charge in [-0.2, -0.15) is 0 Å². The quantitative estimate of drug-likeness (QED) is 0.401. The van der Waals surface area contributed by atoms with Gasteiger partial charge in [-0.25, -0.2) is 17.5 Å². The average molecular weight is 445 g/mol. The largest absolute Gasteiger partial charge is 0.340 e. The number of nitrogens with zero attached hydrogens (tertiary/aromatic N) is 2. The van der Waals surface area contributed by atoms with Crippen molar-refractivity contribution in [1.29, 1.82) is 0 Å². The Bertz CT molecular complexity index is 750. The van der Waals surface area contributed by atoms with Gasteiger partial charge < -0.3 is 0 Å². The fourth-order valence-corrected chi connectivity index (χ4v) is 4.18. The van der Waals surface area contributed by atoms with Crippen LogP contribution in [0.1, 0.15) is 71.6 Å². The number of sulfonamides is 1. The SMILES string of the molecule is CCCCCCCCCC(=O)N(CCC)C(=O)N(C)S(=O)(=O)c1ccc(Cl)cc1. The third-order valence-electron chi connectivity index (χ3n) is 4.71. The van der Waals surface area contributed by atoms with Gasteiger partial charge in [0, 0.05) is 25.0 Å². The summed E-state index contributed by atoms with van der Waals surface area (Å²) in [6.45, 7) is 4.20. The third-order valence-corrected chi connectivity index (χ3v) is 6.71. The molecule has 0 saturated carbocycles. The molecule has 0 spiro atoms. The van der Waals surface area contributed by atoms with Gasteiger partial charge in [0.1, 0.15) is 0 Å². The Balaban J connectivity index is 2.72. The second-order valence-electron chi connectivity index (χ2n) is 7.13. The summed E-state index contributed by atoms with van der Waals surface area (Å²) in [5.41, 5.74) is 0. The first-order valence-corrected chi connectivity index (χ1v) is 12.2. The van der Waals surface area contributed by atoms with Crippen LogP contribution in [0.25, 0.3) is 0 Å². The number of amides is 3. The van der Waals surface area contributed by atoms with E-state index in [2.05, 4.69) is 6.92 Å². The number of carbonyl (C=O) groups excluding carboxylic acids is 2. The number of rotatable bonds is 12. The highest BCUT2D eigenvalue weighted by molar-refractivity contribution is 7.89. The van der Waals surface area contributed by atoms with Crippen LogP contribution in [0, 0.1) is 0 Å². The average Bonchev–Trinajstić information content (AvgIpc) is 2.70. The highest BCUT2D eigenvalue weighted by Gasteiger charge is 2.31. The summed E-state index contributed by atoms with van der Waals surface area (Å²) >= 11 is 5.80. The number of halogens is 1. The second-order valence-corrected chi connectivity index (χ2v) is 9.53. The number of unbranched alkanes of at least 4 members (excludes halogenated alkanes) is 6. The summed E-state index contributed by atoms with van der Waals surface area (Å²) < 4.78 is 26.1. The van der Waals surface area contributed by atoms with Gasteiger partial charge in [0.15, 0.2) is 0 Å². The molecule has 0 fully saturated rings. The smallest absolute Gasteiger partial charge is 0.274 e. The zero-order valence-corrected chi connectivity index (χ0v) is 19.3. The van der Waals surface area contributed by atoms with E-state index in [1.807, 2.05) is 6.92 Å². The molecule has 0 radical (unpaired) electrons. The lowest BCUT2D eigenvalue weighted by Gasteiger charge is -2.26. The van der Waals surface area contributed by atoms with E-state index >= 15 is 0 Å². The summed E-state index contributed by atoms with van der Waals surface area (Å²) in [6, 6.07) is 4.75. The molecule has 8 heteroatoms. The second kappa shape index (κ2) is 12.9. The van der Waals surface area contributed by atoms with Crippen LogP contribution < -0.4 is 0 Å². The Morgan fingerprint density at radius 1 is 0.897 bits per heavy atom. The fraction of sp³-hybridized carbons (Fsp3) is 0.619. The molecular formula is C21H33ClN2O4S. The molecule has 0 bridgehead atoms. The maximum Gasteiger partial charge on any atom is 0.340 e. The van der Waals surface area contributed by atoms with Crippen LogP contribution in [-0.2, 0) is 14.8 Å². The summed E-state index contributed by atoms with van der Waals surface area (Å²) in [5.74, 6) is -0.330. The first-order chi connectivity index (χ1) is 13.8. The fourth-order valence-electron chi connectivity index (χ4n) is 2.96. The van der Waals surface area contributed by atoms with Crippen molar-refractivity contribution in [2.24, 2.45) is 0 Å². The molecule has 3 amide bonds. The molecule has 0 aliphatic carbocycles. The highest BCUT2D eigenvalue weighted by atomic mass is 35.5. The molecule has 0 unspecified atom stereocenters. The maximum absolute atomic E-state index is 12.8. The number of urea groups is 1. The lowest BCUT2D eigenvalue weighted by molar-refractivity contribution is -0.128. The van der Waals surface area contributed by atoms with E-state index in [1.54, 1.807) is 0 Å². The van der Waals surface area contributed by atoms with Crippen molar-refractivity contribution in [1.82, 2.24) is 9.21 Å². The molecule has 0 aliphatic heterocycles. The number of hydrogen-bond donors (Lipinski definition) is 0. The van der Waals surface area contributed by atoms with E-state index in [0.29, 0.717) is 22.2 Å². The highest BCUT2D eigenvalue weighted by Crippen LogP contribution is 2.19. The van der Waals surface area contributed by atoms with Crippen LogP contribution in [0.4, 0.5) is 4.79 Å². The topological polar surface area (TPSA) is 74.8 Å². The zero-order chi connectivity index (χ0) is 21.9. The molecule has 164 valence electrons. The molecule has 1 aromatic rings. The molecule has 1 aromatic carbocycles. The number of benzene rings is 1. The van der Waals surface area contributed by atoms with Crippen LogP contribution in [0.2, 0.25) is 5.02 Å². The van der Waals surface area contributed by atoms with Crippen LogP contribution in [0.3, 0.4) is 0 Å². The van der Waals surface area contributed by atoms with Gasteiger partial charge in [-0.3, -0.25) is 9.69 Å². The van der Waals surface area contributed by atoms with E-state index in [1.165, 1.54) is 50.6 Å². The Hall–Kier alpha value is -1.60. The third kappa shape index (κ3) is 7.97. The zero-order valence-electron chi connectivity index (χ0n) is 17.7. The van der Waals surface area contributed by atoms with Crippen LogP contribution >= 0.6 is 11.6 Å². The van der Waals surface area contributed by atoms with Gasteiger partial charge >= 0.3 is 6.03 Å². The van der Waals surface area contributed by atoms with E-state index in [0.717, 1.165) is 24.2 Å². The van der Waals surface area contributed by atoms with Gasteiger partial charge in [0.25, 0.3) is 10.0 Å². The van der Waals surface area contributed by atoms with Gasteiger partial charge in [-0.05, 0) is 37.1 Å². The van der Waals surface area contributed by atoms with Crippen molar-refractivity contribution in [2.75, 3.05) is 13.6 Å². The molecule has 0 aromatic heterocycles. The maximum atomic E-state index is 12.8. The van der Waals surface area contributed by atoms with Crippen molar-refractivity contribution in [3.63, 3.8) is 0 Å². The number of hydrogen-bond acceptors (Lipinski definition) is 4. The van der Waals surface area contributed by atoms with Crippen molar-refractivity contribution in [2.45, 2.75) is 76.5 Å². The predicted octanol–water partition coefficient (Wildman–Crippen LogP) is 5.46. The molecule has 0 aliphatic rings. The molecular weight excluding hydrogens is 412 g/mol. The normalized spacial score (nSPS) is 11.3. The molecule has 29 heavy (non-hydrogen) atoms. The molecule has 6 nitrogen and oxygen atoms in total. The van der Waals surface area contributed by atoms with Crippen LogP contribution in [-0.4, -0.2) is 43.2 Å². The van der Waals surface area contributed by atoms with Crippen LogP contribution in [0.5, 0.6) is 0 Å². The first kappa shape index (κ1) is 25.4. The van der Waals surface area contributed by atoms with Crippen molar-refractivity contribution >= 4 is 33.6 Å². The van der Waals surface area contributed by atoms with Gasteiger partial charge in [0.2, 0.25) is 5.91 Å². The van der Waals surface area contributed by atoms with Crippen molar-refractivity contribution in [3.05, 3.63) is 29.3 Å². The Labute approximate surface area is 180 Å². The van der Waals surface area contributed by atoms with Gasteiger partial charge in [0.05, 0.1) is 4.90 Å². The van der Waals surface area contributed by atoms with E-state index in [-0.39, 0.29) is 23.8 Å². The first-order valence-electron chi connectivity index (χ1n) is 10.3. The Morgan fingerprint density at radius 3 is 2.00 bits per heavy atom. The lowest BCUT2D eigenvalue weighted by atomic mass is 10.1. The molecule has 0 saturated heterocycles. The standard InChI is InChI=1S/C21H33ClN2O4S/c1-4-6-7-8-9-10-11-12-20(25)24(17-5-2)21(26)23(3)29(27,28)19-15-13-18(22)14-16-19/h13-16H,4-12,17H2,1-3H3. The molecule has 0 atom stereocenters. The number of carbonyl (C=O) groups is 2. The van der Waals surface area contributed by atoms with Crippen LogP contribution in [0.15, 0.2) is 29.2 Å². The minimum Gasteiger partial charge on any atom is -0.274 e. The van der Waals surface area contributed by atoms with E-state index < -0.39 is 16.1 Å². The predicted molar refractivity (Wildman–Crippen MR) is 116 cm³/mol. The lowest BCUT2D eigenvalue weighted by Crippen LogP contribution is -2.47. The number of imide groups is 1. The summed E-state index contributed by atoms with van der Waals surface area (Å²) in [6.07, 6.45) is 8.29. The molecule has 1 rings (SSSR count). The molecule has 0 heterocycles. The molecule has 0 N–H and O–H groups in total. The van der Waals surface area contributed by atoms with E-state index in [9.17, 15) is 18.0 Å². The minimum absolute atomic E-state index is 0.0475. The van der Waals surface area contributed by atoms with Crippen molar-refractivity contribution in [3.8, 4) is 0 Å². The van der Waals surface area contributed by atoms with Crippen molar-refractivity contribution < 1.29 is 18.0 Å². The van der Waals surface area contributed by atoms with E-state index in [4.69, 9.17) is 11.6 Å². The summed E-state index contributed by atoms with van der Waals surface area (Å²) in [5, 5.41) is 0.399. The summed E-state index contributed by atoms with van der Waals surface area (Å²) in [4.78, 5) is 26.4. The van der Waals surface area contributed by atoms with Gasteiger partial charge in [-0.15, -0.1) is 0 Å². The Morgan fingerprint density at radius 2 is 1.45 bits per heavy atom. The monoisotopic (exact) mass is 444 g/mol.